The van der Waals surface area contributed by atoms with Crippen LogP contribution >= 0.6 is 0 Å². The van der Waals surface area contributed by atoms with Crippen molar-refractivity contribution in [3.63, 3.8) is 0 Å². The molecule has 338 valence electrons. The summed E-state index contributed by atoms with van der Waals surface area (Å²) in [5, 5.41) is 23.2. The summed E-state index contributed by atoms with van der Waals surface area (Å²) in [4.78, 5) is 24.4. The highest BCUT2D eigenvalue weighted by atomic mass is 16.5. The van der Waals surface area contributed by atoms with Crippen LogP contribution in [0.4, 0.5) is 0 Å². The average molecular weight is 806 g/mol. The van der Waals surface area contributed by atoms with E-state index in [1.807, 2.05) is 0 Å². The Hall–Kier alpha value is -1.40. The van der Waals surface area contributed by atoms with Gasteiger partial charge in [0.2, 0.25) is 5.91 Å². The molecule has 6 nitrogen and oxygen atoms in total. The monoisotopic (exact) mass is 806 g/mol. The number of esters is 1. The van der Waals surface area contributed by atoms with Crippen molar-refractivity contribution in [3.8, 4) is 0 Å². The van der Waals surface area contributed by atoms with Crippen LogP contribution in [0.5, 0.6) is 0 Å². The minimum Gasteiger partial charge on any atom is -0.466 e. The fourth-order valence-corrected chi connectivity index (χ4v) is 7.87. The van der Waals surface area contributed by atoms with E-state index in [2.05, 4.69) is 31.3 Å². The van der Waals surface area contributed by atoms with Gasteiger partial charge in [0.05, 0.1) is 25.4 Å². The summed E-state index contributed by atoms with van der Waals surface area (Å²) in [6, 6.07) is -0.548. The Morgan fingerprint density at radius 3 is 1.26 bits per heavy atom. The number of nitrogens with one attached hydrogen (secondary N) is 1. The van der Waals surface area contributed by atoms with Gasteiger partial charge in [0, 0.05) is 12.8 Å². The number of carbonyl (C=O) groups is 2. The lowest BCUT2D eigenvalue weighted by atomic mass is 10.0. The molecule has 0 fully saturated rings. The molecule has 6 heteroatoms. The first-order valence-electron chi connectivity index (χ1n) is 25.4. The minimum absolute atomic E-state index is 0.0113. The van der Waals surface area contributed by atoms with Gasteiger partial charge in [-0.3, -0.25) is 9.59 Å². The number of ether oxygens (including phenoxy) is 1. The zero-order valence-corrected chi connectivity index (χ0v) is 38.3. The second-order valence-corrected chi connectivity index (χ2v) is 17.5. The molecule has 2 atom stereocenters. The van der Waals surface area contributed by atoms with Gasteiger partial charge in [-0.15, -0.1) is 0 Å². The molecule has 0 radical (unpaired) electrons. The van der Waals surface area contributed by atoms with Crippen molar-refractivity contribution in [2.24, 2.45) is 0 Å². The molecule has 0 spiro atoms. The van der Waals surface area contributed by atoms with E-state index < -0.39 is 12.1 Å². The highest BCUT2D eigenvalue weighted by molar-refractivity contribution is 5.76. The van der Waals surface area contributed by atoms with Gasteiger partial charge in [-0.1, -0.05) is 225 Å². The largest absolute Gasteiger partial charge is 0.466 e. The Morgan fingerprint density at radius 2 is 0.825 bits per heavy atom. The van der Waals surface area contributed by atoms with Crippen LogP contribution in [-0.2, 0) is 14.3 Å². The van der Waals surface area contributed by atoms with Crippen molar-refractivity contribution in [1.29, 1.82) is 0 Å². The maximum Gasteiger partial charge on any atom is 0.305 e. The van der Waals surface area contributed by atoms with E-state index in [0.29, 0.717) is 25.9 Å². The molecule has 0 heterocycles. The minimum atomic E-state index is -0.669. The standard InChI is InChI=1S/C51H99NO5/c1-3-5-7-9-11-13-15-19-23-27-31-35-39-43-49(54)48(47-53)52-50(55)44-40-36-32-28-24-21-17-18-22-26-30-34-38-42-46-57-51(56)45-41-37-33-29-25-20-16-14-12-10-8-6-4-2/h14,16,48-49,53-54H,3-13,15,17-47H2,1-2H3,(H,52,55)/b16-14-. The maximum atomic E-state index is 12.4. The van der Waals surface area contributed by atoms with Crippen molar-refractivity contribution < 1.29 is 24.5 Å². The number of hydrogen-bond donors (Lipinski definition) is 3. The third kappa shape index (κ3) is 44.0. The first kappa shape index (κ1) is 55.6. The number of rotatable bonds is 47. The molecule has 0 aromatic rings. The van der Waals surface area contributed by atoms with Crippen LogP contribution in [0.3, 0.4) is 0 Å². The molecular formula is C51H99NO5. The average Bonchev–Trinajstić information content (AvgIpc) is 3.21. The molecule has 1 amide bonds. The van der Waals surface area contributed by atoms with Crippen LogP contribution < -0.4 is 5.32 Å². The zero-order chi connectivity index (χ0) is 41.5. The fourth-order valence-electron chi connectivity index (χ4n) is 7.87. The fraction of sp³-hybridized carbons (Fsp3) is 0.922. The number of aliphatic hydroxyl groups is 2. The lowest BCUT2D eigenvalue weighted by Crippen LogP contribution is -2.45. The first-order valence-corrected chi connectivity index (χ1v) is 25.4. The third-order valence-corrected chi connectivity index (χ3v) is 11.8. The highest BCUT2D eigenvalue weighted by Crippen LogP contribution is 2.16. The molecule has 0 aromatic carbocycles. The highest BCUT2D eigenvalue weighted by Gasteiger charge is 2.20. The molecule has 57 heavy (non-hydrogen) atoms. The molecule has 0 aliphatic carbocycles. The smallest absolute Gasteiger partial charge is 0.305 e. The number of allylic oxidation sites excluding steroid dienone is 2. The van der Waals surface area contributed by atoms with E-state index in [4.69, 9.17) is 4.74 Å². The van der Waals surface area contributed by atoms with E-state index in [0.717, 1.165) is 51.4 Å². The molecule has 2 unspecified atom stereocenters. The van der Waals surface area contributed by atoms with Crippen molar-refractivity contribution in [3.05, 3.63) is 12.2 Å². The van der Waals surface area contributed by atoms with Gasteiger partial charge >= 0.3 is 5.97 Å². The van der Waals surface area contributed by atoms with E-state index >= 15 is 0 Å². The van der Waals surface area contributed by atoms with E-state index in [1.165, 1.54) is 193 Å². The second-order valence-electron chi connectivity index (χ2n) is 17.5. The number of aliphatic hydroxyl groups excluding tert-OH is 2. The summed E-state index contributed by atoms with van der Waals surface area (Å²) < 4.78 is 5.45. The van der Waals surface area contributed by atoms with Gasteiger partial charge in [0.1, 0.15) is 0 Å². The van der Waals surface area contributed by atoms with Gasteiger partial charge in [-0.05, 0) is 51.4 Å². The van der Waals surface area contributed by atoms with Crippen LogP contribution in [0.1, 0.15) is 277 Å². The quantitative estimate of drug-likeness (QED) is 0.0323. The second kappa shape index (κ2) is 47.3. The van der Waals surface area contributed by atoms with Gasteiger partial charge < -0.3 is 20.3 Å². The molecule has 0 aliphatic heterocycles. The number of unbranched alkanes of at least 4 members (excludes halogenated alkanes) is 34. The SMILES string of the molecule is CCCCCC/C=C\CCCCCCCC(=O)OCCCCCCCCCCCCCCCCC(=O)NC(CO)C(O)CCCCCCCCCCCCCCC. The van der Waals surface area contributed by atoms with Crippen molar-refractivity contribution in [1.82, 2.24) is 5.32 Å². The maximum absolute atomic E-state index is 12.4. The van der Waals surface area contributed by atoms with Crippen LogP contribution in [0.15, 0.2) is 12.2 Å². The molecule has 0 saturated carbocycles. The van der Waals surface area contributed by atoms with Gasteiger partial charge in [0.25, 0.3) is 0 Å². The molecule has 3 N–H and O–H groups in total. The van der Waals surface area contributed by atoms with Gasteiger partial charge in [-0.2, -0.15) is 0 Å². The predicted octanol–water partition coefficient (Wildman–Crippen LogP) is 15.0. The van der Waals surface area contributed by atoms with Crippen LogP contribution in [-0.4, -0.2) is 47.4 Å². The molecule has 0 saturated heterocycles. The molecular weight excluding hydrogens is 707 g/mol. The lowest BCUT2D eigenvalue weighted by molar-refractivity contribution is -0.143. The van der Waals surface area contributed by atoms with Crippen LogP contribution in [0.25, 0.3) is 0 Å². The van der Waals surface area contributed by atoms with Crippen molar-refractivity contribution >= 4 is 11.9 Å². The van der Waals surface area contributed by atoms with Gasteiger partial charge in [0.15, 0.2) is 0 Å². The summed E-state index contributed by atoms with van der Waals surface area (Å²) in [5.74, 6) is -0.0568. The zero-order valence-electron chi connectivity index (χ0n) is 38.3. The summed E-state index contributed by atoms with van der Waals surface area (Å²) in [6.45, 7) is 4.91. The van der Waals surface area contributed by atoms with E-state index in [9.17, 15) is 19.8 Å². The molecule has 0 aromatic heterocycles. The molecule has 0 aliphatic rings. The first-order chi connectivity index (χ1) is 28.0. The Morgan fingerprint density at radius 1 is 0.474 bits per heavy atom. The number of hydrogen-bond acceptors (Lipinski definition) is 5. The van der Waals surface area contributed by atoms with Crippen molar-refractivity contribution in [2.75, 3.05) is 13.2 Å². The Labute approximate surface area is 355 Å². The topological polar surface area (TPSA) is 95.9 Å². The lowest BCUT2D eigenvalue weighted by Gasteiger charge is -2.22. The molecule has 0 bridgehead atoms. The van der Waals surface area contributed by atoms with E-state index in [1.54, 1.807) is 0 Å². The Balaban J connectivity index is 3.44. The van der Waals surface area contributed by atoms with Crippen LogP contribution in [0.2, 0.25) is 0 Å². The third-order valence-electron chi connectivity index (χ3n) is 11.8. The number of amides is 1. The predicted molar refractivity (Wildman–Crippen MR) is 246 cm³/mol. The van der Waals surface area contributed by atoms with Crippen LogP contribution in [0, 0.1) is 0 Å². The Bertz CT molecular complexity index is 847. The van der Waals surface area contributed by atoms with Crippen molar-refractivity contribution in [2.45, 2.75) is 289 Å². The number of carbonyl (C=O) groups excluding carboxylic acids is 2. The summed E-state index contributed by atoms with van der Waals surface area (Å²) in [5.41, 5.74) is 0. The summed E-state index contributed by atoms with van der Waals surface area (Å²) in [7, 11) is 0. The summed E-state index contributed by atoms with van der Waals surface area (Å²) in [6.07, 6.45) is 53.1. The van der Waals surface area contributed by atoms with Gasteiger partial charge in [-0.25, -0.2) is 0 Å². The van der Waals surface area contributed by atoms with E-state index in [-0.39, 0.29) is 18.5 Å². The summed E-state index contributed by atoms with van der Waals surface area (Å²) >= 11 is 0. The Kier molecular flexibility index (Phi) is 46.1. The normalized spacial score (nSPS) is 12.7. The molecule has 0 rings (SSSR count).